The quantitative estimate of drug-likeness (QED) is 0.439. The first-order chi connectivity index (χ1) is 18.6. The number of hydrogen-bond donors (Lipinski definition) is 1. The van der Waals surface area contributed by atoms with E-state index in [0.717, 1.165) is 17.7 Å². The van der Waals surface area contributed by atoms with Crippen LogP contribution in [0.15, 0.2) is 60.7 Å². The molecule has 39 heavy (non-hydrogen) atoms. The molecule has 0 aromatic heterocycles. The zero-order valence-corrected chi connectivity index (χ0v) is 21.5. The number of methoxy groups -OCH3 is 2. The molecule has 0 radical (unpaired) electrons. The fraction of sp³-hybridized carbons (Fsp3) is 0.310. The van der Waals surface area contributed by atoms with Crippen LogP contribution < -0.4 is 19.5 Å². The molecule has 0 bridgehead atoms. The molecule has 2 amide bonds. The summed E-state index contributed by atoms with van der Waals surface area (Å²) in [6.45, 7) is 2.93. The van der Waals surface area contributed by atoms with Crippen molar-refractivity contribution >= 4 is 11.8 Å². The number of fused-ring (bicyclic) bond motifs is 1. The first-order valence-electron chi connectivity index (χ1n) is 12.4. The summed E-state index contributed by atoms with van der Waals surface area (Å²) in [6, 6.07) is 14.3. The van der Waals surface area contributed by atoms with Crippen molar-refractivity contribution in [1.29, 1.82) is 0 Å². The summed E-state index contributed by atoms with van der Waals surface area (Å²) in [6.07, 6.45) is -4.41. The lowest BCUT2D eigenvalue weighted by Crippen LogP contribution is -2.37. The molecule has 3 atom stereocenters. The minimum Gasteiger partial charge on any atom is -0.493 e. The van der Waals surface area contributed by atoms with Gasteiger partial charge < -0.3 is 24.4 Å². The maximum atomic E-state index is 13.0. The molecule has 3 aromatic rings. The molecular weight excluding hydrogens is 513 g/mol. The van der Waals surface area contributed by atoms with Crippen LogP contribution in [0.5, 0.6) is 23.0 Å². The number of likely N-dealkylation sites (tertiary alicyclic amines) is 1. The van der Waals surface area contributed by atoms with E-state index < -0.39 is 11.7 Å². The molecule has 2 aliphatic rings. The van der Waals surface area contributed by atoms with Crippen LogP contribution in [-0.4, -0.2) is 50.1 Å². The number of carbonyl (C=O) groups is 2. The predicted molar refractivity (Wildman–Crippen MR) is 136 cm³/mol. The standard InChI is InChI=1S/C29H27F3N2O5/c1-16-12-24(37-2)25(38-3)13-21(16)27(35)33-26-22-14-34(15-23(22)26)28(36)17-4-8-19(9-5-17)39-20-10-6-18(7-11-20)29(30,31)32/h4-13,22-23,26H,14-15H2,1-3H3,(H,33,35)/t22-,23+,26?. The van der Waals surface area contributed by atoms with Crippen molar-refractivity contribution in [3.05, 3.63) is 82.9 Å². The van der Waals surface area contributed by atoms with Gasteiger partial charge in [0.05, 0.1) is 19.8 Å². The Bertz CT molecular complexity index is 1380. The van der Waals surface area contributed by atoms with E-state index in [4.69, 9.17) is 14.2 Å². The van der Waals surface area contributed by atoms with Gasteiger partial charge in [-0.3, -0.25) is 9.59 Å². The Morgan fingerprint density at radius 3 is 1.95 bits per heavy atom. The van der Waals surface area contributed by atoms with Gasteiger partial charge >= 0.3 is 6.18 Å². The highest BCUT2D eigenvalue weighted by Crippen LogP contribution is 2.46. The van der Waals surface area contributed by atoms with Gasteiger partial charge in [0.2, 0.25) is 0 Å². The summed E-state index contributed by atoms with van der Waals surface area (Å²) in [5, 5.41) is 3.09. The molecular formula is C29H27F3N2O5. The summed E-state index contributed by atoms with van der Waals surface area (Å²) >= 11 is 0. The zero-order chi connectivity index (χ0) is 27.9. The van der Waals surface area contributed by atoms with E-state index in [1.807, 2.05) is 6.92 Å². The minimum atomic E-state index is -4.41. The van der Waals surface area contributed by atoms with E-state index in [1.54, 1.807) is 48.4 Å². The van der Waals surface area contributed by atoms with Crippen molar-refractivity contribution in [2.45, 2.75) is 19.1 Å². The number of rotatable bonds is 7. The highest BCUT2D eigenvalue weighted by molar-refractivity contribution is 5.97. The fourth-order valence-corrected chi connectivity index (χ4v) is 5.06. The summed E-state index contributed by atoms with van der Waals surface area (Å²) in [4.78, 5) is 27.7. The lowest BCUT2D eigenvalue weighted by atomic mass is 10.1. The number of aryl methyl sites for hydroxylation is 1. The van der Waals surface area contributed by atoms with Gasteiger partial charge in [-0.15, -0.1) is 0 Å². The Labute approximate surface area is 223 Å². The molecule has 1 saturated heterocycles. The van der Waals surface area contributed by atoms with Gasteiger partial charge in [0.25, 0.3) is 11.8 Å². The fourth-order valence-electron chi connectivity index (χ4n) is 5.06. The maximum absolute atomic E-state index is 13.0. The van der Waals surface area contributed by atoms with Crippen molar-refractivity contribution in [2.75, 3.05) is 27.3 Å². The minimum absolute atomic E-state index is 0.00792. The van der Waals surface area contributed by atoms with E-state index in [1.165, 1.54) is 19.2 Å². The summed E-state index contributed by atoms with van der Waals surface area (Å²) in [5.74, 6) is 1.79. The van der Waals surface area contributed by atoms with E-state index in [-0.39, 0.29) is 35.4 Å². The second-order valence-electron chi connectivity index (χ2n) is 9.71. The number of hydrogen-bond acceptors (Lipinski definition) is 5. The molecule has 0 spiro atoms. The Hall–Kier alpha value is -4.21. The molecule has 3 aromatic carbocycles. The lowest BCUT2D eigenvalue weighted by molar-refractivity contribution is -0.137. The number of amides is 2. The zero-order valence-electron chi connectivity index (χ0n) is 21.5. The topological polar surface area (TPSA) is 77.1 Å². The first kappa shape index (κ1) is 26.4. The van der Waals surface area contributed by atoms with E-state index >= 15 is 0 Å². The monoisotopic (exact) mass is 540 g/mol. The highest BCUT2D eigenvalue weighted by Gasteiger charge is 2.57. The molecule has 1 saturated carbocycles. The maximum Gasteiger partial charge on any atom is 0.416 e. The molecule has 7 nitrogen and oxygen atoms in total. The Morgan fingerprint density at radius 2 is 1.41 bits per heavy atom. The van der Waals surface area contributed by atoms with Gasteiger partial charge in [-0.25, -0.2) is 0 Å². The third-order valence-electron chi connectivity index (χ3n) is 7.27. The molecule has 1 N–H and O–H groups in total. The van der Waals surface area contributed by atoms with Gasteiger partial charge in [0.15, 0.2) is 11.5 Å². The molecule has 1 aliphatic heterocycles. The highest BCUT2D eigenvalue weighted by atomic mass is 19.4. The number of halogens is 3. The Kier molecular flexibility index (Phi) is 6.88. The molecule has 5 rings (SSSR count). The van der Waals surface area contributed by atoms with Crippen LogP contribution in [0.2, 0.25) is 0 Å². The average molecular weight is 541 g/mol. The SMILES string of the molecule is COc1cc(C)c(C(=O)NC2[C@H]3CN(C(=O)c4ccc(Oc5ccc(C(F)(F)F)cc5)cc4)C[C@@H]23)cc1OC. The smallest absolute Gasteiger partial charge is 0.416 e. The average Bonchev–Trinajstić information content (AvgIpc) is 3.34. The summed E-state index contributed by atoms with van der Waals surface area (Å²) in [7, 11) is 3.06. The van der Waals surface area contributed by atoms with Crippen LogP contribution >= 0.6 is 0 Å². The number of nitrogens with one attached hydrogen (secondary N) is 1. The summed E-state index contributed by atoms with van der Waals surface area (Å²) in [5.41, 5.74) is 1.03. The normalized spacial score (nSPS) is 19.7. The van der Waals surface area contributed by atoms with E-state index in [9.17, 15) is 22.8 Å². The van der Waals surface area contributed by atoms with Crippen LogP contribution in [0.4, 0.5) is 13.2 Å². The van der Waals surface area contributed by atoms with Crippen molar-refractivity contribution in [1.82, 2.24) is 10.2 Å². The second-order valence-corrected chi connectivity index (χ2v) is 9.71. The van der Waals surface area contributed by atoms with Crippen LogP contribution in [0.1, 0.15) is 31.8 Å². The number of alkyl halides is 3. The number of ether oxygens (including phenoxy) is 3. The number of carbonyl (C=O) groups excluding carboxylic acids is 2. The molecule has 1 unspecified atom stereocenters. The van der Waals surface area contributed by atoms with Crippen molar-refractivity contribution in [3.63, 3.8) is 0 Å². The van der Waals surface area contributed by atoms with Crippen LogP contribution in [-0.2, 0) is 6.18 Å². The summed E-state index contributed by atoms with van der Waals surface area (Å²) < 4.78 is 54.4. The van der Waals surface area contributed by atoms with E-state index in [2.05, 4.69) is 5.32 Å². The Morgan fingerprint density at radius 1 is 0.872 bits per heavy atom. The first-order valence-corrected chi connectivity index (χ1v) is 12.4. The number of nitrogens with zero attached hydrogens (tertiary/aromatic N) is 1. The van der Waals surface area contributed by atoms with Gasteiger partial charge in [-0.2, -0.15) is 13.2 Å². The van der Waals surface area contributed by atoms with E-state index in [0.29, 0.717) is 41.5 Å². The van der Waals surface area contributed by atoms with Gasteiger partial charge in [-0.05, 0) is 73.2 Å². The Balaban J connectivity index is 1.14. The number of piperidine rings is 1. The van der Waals surface area contributed by atoms with Crippen LogP contribution in [0.3, 0.4) is 0 Å². The largest absolute Gasteiger partial charge is 0.493 e. The lowest BCUT2D eigenvalue weighted by Gasteiger charge is -2.21. The van der Waals surface area contributed by atoms with Gasteiger partial charge in [-0.1, -0.05) is 0 Å². The van der Waals surface area contributed by atoms with Crippen LogP contribution in [0.25, 0.3) is 0 Å². The molecule has 10 heteroatoms. The predicted octanol–water partition coefficient (Wildman–Crippen LogP) is 5.32. The second kappa shape index (κ2) is 10.2. The van der Waals surface area contributed by atoms with Crippen molar-refractivity contribution in [3.8, 4) is 23.0 Å². The molecule has 204 valence electrons. The molecule has 2 fully saturated rings. The van der Waals surface area contributed by atoms with Gasteiger partial charge in [0, 0.05) is 42.1 Å². The van der Waals surface area contributed by atoms with Crippen molar-refractivity contribution in [2.24, 2.45) is 11.8 Å². The molecule has 1 heterocycles. The van der Waals surface area contributed by atoms with Crippen molar-refractivity contribution < 1.29 is 37.0 Å². The molecule has 1 aliphatic carbocycles. The third kappa shape index (κ3) is 5.36. The third-order valence-corrected chi connectivity index (χ3v) is 7.27. The van der Waals surface area contributed by atoms with Crippen LogP contribution in [0, 0.1) is 18.8 Å². The van der Waals surface area contributed by atoms with Gasteiger partial charge in [0.1, 0.15) is 11.5 Å². The number of benzene rings is 3.